The number of nitrogens with zero attached hydrogens (tertiary/aromatic N) is 3. The number of thioether (sulfide) groups is 1. The maximum atomic E-state index is 12.3. The van der Waals surface area contributed by atoms with Crippen molar-refractivity contribution in [3.63, 3.8) is 0 Å². The number of hydrogen-bond donors (Lipinski definition) is 0. The van der Waals surface area contributed by atoms with Crippen LogP contribution in [0.15, 0.2) is 28.2 Å². The van der Waals surface area contributed by atoms with Crippen molar-refractivity contribution >= 4 is 22.8 Å². The summed E-state index contributed by atoms with van der Waals surface area (Å²) in [7, 11) is 0. The highest BCUT2D eigenvalue weighted by Crippen LogP contribution is 2.36. The van der Waals surface area contributed by atoms with E-state index in [0.717, 1.165) is 0 Å². The number of hydrogen-bond acceptors (Lipinski definition) is 8. The third-order valence-electron chi connectivity index (χ3n) is 3.37. The quantitative estimate of drug-likeness (QED) is 0.558. The molecule has 8 nitrogen and oxygen atoms in total. The number of benzene rings is 1. The molecule has 0 N–H and O–H groups in total. The summed E-state index contributed by atoms with van der Waals surface area (Å²) in [6, 6.07) is 6.60. The van der Waals surface area contributed by atoms with Crippen molar-refractivity contribution < 1.29 is 19.1 Å². The zero-order valence-corrected chi connectivity index (χ0v) is 12.0. The summed E-state index contributed by atoms with van der Waals surface area (Å²) < 4.78 is 11.1. The van der Waals surface area contributed by atoms with E-state index >= 15 is 0 Å². The Balaban J connectivity index is 1.97. The normalized spacial score (nSPS) is 14.7. The van der Waals surface area contributed by atoms with Gasteiger partial charge in [-0.1, -0.05) is 0 Å². The summed E-state index contributed by atoms with van der Waals surface area (Å²) in [5.41, 5.74) is -0.611. The highest BCUT2D eigenvalue weighted by Gasteiger charge is 2.34. The zero-order valence-electron chi connectivity index (χ0n) is 11.2. The van der Waals surface area contributed by atoms with Crippen molar-refractivity contribution in [1.29, 1.82) is 5.26 Å². The van der Waals surface area contributed by atoms with Gasteiger partial charge in [0.1, 0.15) is 11.6 Å². The van der Waals surface area contributed by atoms with Gasteiger partial charge in [-0.05, 0) is 30.0 Å². The Morgan fingerprint density at radius 2 is 2.00 bits per heavy atom. The molecule has 4 rings (SSSR count). The first-order valence-electron chi connectivity index (χ1n) is 6.34. The van der Waals surface area contributed by atoms with Crippen molar-refractivity contribution in [1.82, 2.24) is 9.55 Å². The molecule has 2 aromatic rings. The molecular formula is C14H5N3O5S. The summed E-state index contributed by atoms with van der Waals surface area (Å²) in [6.07, 6.45) is 0. The minimum atomic E-state index is -0.990. The number of nitriles is 1. The molecule has 2 aliphatic rings. The van der Waals surface area contributed by atoms with Crippen LogP contribution in [0.5, 0.6) is 11.5 Å². The number of carbonyl (C=O) groups is 2. The molecule has 1 aromatic carbocycles. The van der Waals surface area contributed by atoms with Gasteiger partial charge in [-0.3, -0.25) is 14.4 Å². The van der Waals surface area contributed by atoms with Crippen molar-refractivity contribution in [3.8, 4) is 28.8 Å². The van der Waals surface area contributed by atoms with Crippen molar-refractivity contribution in [2.45, 2.75) is 5.16 Å². The van der Waals surface area contributed by atoms with Crippen LogP contribution in [0.25, 0.3) is 11.3 Å². The Morgan fingerprint density at radius 3 is 2.78 bits per heavy atom. The lowest BCUT2D eigenvalue weighted by molar-refractivity contribution is -0.107. The molecule has 9 heteroatoms. The summed E-state index contributed by atoms with van der Waals surface area (Å²) in [4.78, 5) is 39.7. The lowest BCUT2D eigenvalue weighted by atomic mass is 10.1. The molecular weight excluding hydrogens is 322 g/mol. The molecule has 0 radical (unpaired) electrons. The summed E-state index contributed by atoms with van der Waals surface area (Å²) in [5, 5.41) is 8.43. The predicted molar refractivity (Wildman–Crippen MR) is 76.3 cm³/mol. The van der Waals surface area contributed by atoms with Gasteiger partial charge in [-0.2, -0.15) is 5.26 Å². The Labute approximate surface area is 132 Å². The zero-order chi connectivity index (χ0) is 16.1. The van der Waals surface area contributed by atoms with Gasteiger partial charge in [-0.15, -0.1) is 0 Å². The average molecular weight is 327 g/mol. The first kappa shape index (κ1) is 13.5. The minimum Gasteiger partial charge on any atom is -0.454 e. The van der Waals surface area contributed by atoms with Crippen LogP contribution >= 0.6 is 11.8 Å². The second kappa shape index (κ2) is 4.69. The molecule has 0 atom stereocenters. The van der Waals surface area contributed by atoms with Gasteiger partial charge in [-0.25, -0.2) is 9.55 Å². The van der Waals surface area contributed by atoms with E-state index in [1.54, 1.807) is 24.3 Å². The molecule has 0 bridgehead atoms. The van der Waals surface area contributed by atoms with E-state index in [-0.39, 0.29) is 23.2 Å². The Morgan fingerprint density at radius 1 is 1.22 bits per heavy atom. The number of carbonyl (C=O) groups excluding carboxylic acids is 2. The van der Waals surface area contributed by atoms with E-state index in [4.69, 9.17) is 9.47 Å². The second-order valence-corrected chi connectivity index (χ2v) is 5.57. The fraction of sp³-hybridized carbons (Fsp3) is 0.0714. The minimum absolute atomic E-state index is 0.0448. The molecule has 0 unspecified atom stereocenters. The lowest BCUT2D eigenvalue weighted by Crippen LogP contribution is -2.29. The van der Waals surface area contributed by atoms with Gasteiger partial charge < -0.3 is 9.47 Å². The van der Waals surface area contributed by atoms with Gasteiger partial charge in [0.15, 0.2) is 16.7 Å². The number of fused-ring (bicyclic) bond motifs is 2. The third-order valence-corrected chi connectivity index (χ3v) is 4.19. The van der Waals surface area contributed by atoms with E-state index < -0.39 is 16.6 Å². The van der Waals surface area contributed by atoms with Gasteiger partial charge in [0, 0.05) is 5.56 Å². The van der Waals surface area contributed by atoms with Crippen LogP contribution in [-0.2, 0) is 4.79 Å². The van der Waals surface area contributed by atoms with Crippen LogP contribution in [0.1, 0.15) is 10.4 Å². The highest BCUT2D eigenvalue weighted by molar-refractivity contribution is 8.15. The Bertz CT molecular complexity index is 1000. The summed E-state index contributed by atoms with van der Waals surface area (Å²) >= 11 is 0.565. The van der Waals surface area contributed by atoms with Crippen LogP contribution < -0.4 is 15.0 Å². The van der Waals surface area contributed by atoms with Crippen LogP contribution in [0.4, 0.5) is 0 Å². The number of aromatic nitrogens is 2. The van der Waals surface area contributed by atoms with Crippen molar-refractivity contribution in [2.75, 3.05) is 6.79 Å². The first-order valence-corrected chi connectivity index (χ1v) is 7.15. The van der Waals surface area contributed by atoms with Crippen LogP contribution in [-0.4, -0.2) is 27.4 Å². The van der Waals surface area contributed by atoms with Gasteiger partial charge in [0.2, 0.25) is 6.79 Å². The molecule has 112 valence electrons. The van der Waals surface area contributed by atoms with E-state index in [9.17, 15) is 19.6 Å². The first-order chi connectivity index (χ1) is 11.1. The van der Waals surface area contributed by atoms with E-state index in [0.29, 0.717) is 33.4 Å². The third kappa shape index (κ3) is 1.85. The highest BCUT2D eigenvalue weighted by atomic mass is 32.2. The molecule has 0 spiro atoms. The molecule has 23 heavy (non-hydrogen) atoms. The smallest absolute Gasteiger partial charge is 0.314 e. The maximum absolute atomic E-state index is 12.3. The van der Waals surface area contributed by atoms with Crippen LogP contribution in [0.2, 0.25) is 0 Å². The van der Waals surface area contributed by atoms with Crippen molar-refractivity contribution in [3.05, 3.63) is 34.1 Å². The molecule has 0 saturated carbocycles. The molecule has 0 fully saturated rings. The number of ether oxygens (including phenoxy) is 2. The molecule has 0 amide bonds. The molecule has 0 saturated heterocycles. The van der Waals surface area contributed by atoms with Crippen molar-refractivity contribution in [2.24, 2.45) is 0 Å². The largest absolute Gasteiger partial charge is 0.454 e. The van der Waals surface area contributed by atoms with E-state index in [1.807, 2.05) is 0 Å². The molecule has 1 aromatic heterocycles. The summed E-state index contributed by atoms with van der Waals surface area (Å²) in [5.74, 6) is 0.0229. The fourth-order valence-corrected chi connectivity index (χ4v) is 3.06. The second-order valence-electron chi connectivity index (χ2n) is 4.63. The van der Waals surface area contributed by atoms with Gasteiger partial charge in [0.25, 0.3) is 10.7 Å². The van der Waals surface area contributed by atoms with Gasteiger partial charge in [0.05, 0.1) is 5.69 Å². The standard InChI is InChI=1S/C14H5N3O5S/c15-4-7-10(6-1-2-8-9(3-6)22-5-21-8)16-14-17(11(7)18)12(19)13(20)23-14/h1-3H,5H2. The lowest BCUT2D eigenvalue weighted by Gasteiger charge is -2.07. The van der Waals surface area contributed by atoms with Crippen LogP contribution in [0, 0.1) is 11.3 Å². The SMILES string of the molecule is N#Cc1c(-c2ccc3c(c2)OCO3)nc2n(c1=O)C(=O)C(=O)S2. The topological polar surface area (TPSA) is 111 Å². The predicted octanol–water partition coefficient (Wildman–Crippen LogP) is 0.783. The summed E-state index contributed by atoms with van der Waals surface area (Å²) in [6.45, 7) is 0.0863. The van der Waals surface area contributed by atoms with E-state index in [2.05, 4.69) is 4.98 Å². The Kier molecular flexibility index (Phi) is 2.76. The fourth-order valence-electron chi connectivity index (χ4n) is 2.32. The maximum Gasteiger partial charge on any atom is 0.314 e. The monoisotopic (exact) mass is 327 g/mol. The van der Waals surface area contributed by atoms with E-state index in [1.165, 1.54) is 0 Å². The van der Waals surface area contributed by atoms with Gasteiger partial charge >= 0.3 is 5.91 Å². The van der Waals surface area contributed by atoms with Crippen LogP contribution in [0.3, 0.4) is 0 Å². The molecule has 0 aliphatic carbocycles. The Hall–Kier alpha value is -3.12. The molecule has 2 aliphatic heterocycles. The average Bonchev–Trinajstić information content (AvgIpc) is 3.11. The molecule has 3 heterocycles. The number of rotatable bonds is 1.